The number of ketones is 1. The van der Waals surface area contributed by atoms with E-state index >= 15 is 0 Å². The summed E-state index contributed by atoms with van der Waals surface area (Å²) in [5, 5.41) is 3.19. The minimum Gasteiger partial charge on any atom is -0.313 e. The van der Waals surface area contributed by atoms with Gasteiger partial charge in [0, 0.05) is 18.9 Å². The van der Waals surface area contributed by atoms with Crippen LogP contribution in [0.4, 0.5) is 0 Å². The van der Waals surface area contributed by atoms with Crippen LogP contribution in [0.3, 0.4) is 0 Å². The number of hydrogen-bond donors (Lipinski definition) is 1. The summed E-state index contributed by atoms with van der Waals surface area (Å²) >= 11 is 0. The molecule has 0 aromatic carbocycles. The molecule has 1 N–H and O–H groups in total. The third kappa shape index (κ3) is 1.79. The van der Waals surface area contributed by atoms with E-state index in [1.807, 2.05) is 6.92 Å². The molecule has 1 atom stereocenters. The summed E-state index contributed by atoms with van der Waals surface area (Å²) in [5.41, 5.74) is 0. The highest BCUT2D eigenvalue weighted by Gasteiger charge is 2.18. The van der Waals surface area contributed by atoms with E-state index in [9.17, 15) is 4.79 Å². The molecule has 1 fully saturated rings. The third-order valence-corrected chi connectivity index (χ3v) is 1.79. The Kier molecular flexibility index (Phi) is 2.22. The van der Waals surface area contributed by atoms with E-state index in [1.54, 1.807) is 0 Å². The van der Waals surface area contributed by atoms with Gasteiger partial charge in [0.2, 0.25) is 0 Å². The van der Waals surface area contributed by atoms with Gasteiger partial charge in [-0.15, -0.1) is 0 Å². The molecule has 1 aliphatic rings. The fourth-order valence-electron chi connectivity index (χ4n) is 0.942. The SMILES string of the molecule is CCC(=O)CC1CCN1. The Morgan fingerprint density at radius 1 is 1.78 bits per heavy atom. The number of rotatable bonds is 3. The highest BCUT2D eigenvalue weighted by atomic mass is 16.1. The van der Waals surface area contributed by atoms with Crippen molar-refractivity contribution in [1.29, 1.82) is 0 Å². The molecule has 0 bridgehead atoms. The fraction of sp³-hybridized carbons (Fsp3) is 0.857. The van der Waals surface area contributed by atoms with Crippen molar-refractivity contribution in [3.8, 4) is 0 Å². The molecule has 0 amide bonds. The molecule has 1 unspecified atom stereocenters. The Balaban J connectivity index is 2.09. The fourth-order valence-corrected chi connectivity index (χ4v) is 0.942. The van der Waals surface area contributed by atoms with Gasteiger partial charge >= 0.3 is 0 Å². The average molecular weight is 127 g/mol. The molecule has 1 aliphatic heterocycles. The van der Waals surface area contributed by atoms with Gasteiger partial charge in [0.25, 0.3) is 0 Å². The highest BCUT2D eigenvalue weighted by Crippen LogP contribution is 2.07. The zero-order valence-electron chi connectivity index (χ0n) is 5.81. The molecular weight excluding hydrogens is 114 g/mol. The van der Waals surface area contributed by atoms with Crippen LogP contribution < -0.4 is 5.32 Å². The third-order valence-electron chi connectivity index (χ3n) is 1.79. The molecule has 1 saturated heterocycles. The highest BCUT2D eigenvalue weighted by molar-refractivity contribution is 5.78. The Morgan fingerprint density at radius 3 is 2.78 bits per heavy atom. The smallest absolute Gasteiger partial charge is 0.134 e. The monoisotopic (exact) mass is 127 g/mol. The van der Waals surface area contributed by atoms with Gasteiger partial charge in [0.1, 0.15) is 5.78 Å². The van der Waals surface area contributed by atoms with Crippen LogP contribution in [0.1, 0.15) is 26.2 Å². The number of Topliss-reactive ketones (excluding diaryl/α,β-unsaturated/α-hetero) is 1. The maximum atomic E-state index is 10.8. The van der Waals surface area contributed by atoms with Gasteiger partial charge < -0.3 is 5.32 Å². The summed E-state index contributed by atoms with van der Waals surface area (Å²) < 4.78 is 0. The first-order valence-electron chi connectivity index (χ1n) is 3.58. The van der Waals surface area contributed by atoms with Crippen LogP contribution in [0.25, 0.3) is 0 Å². The van der Waals surface area contributed by atoms with Crippen LogP contribution in [0.15, 0.2) is 0 Å². The number of carbonyl (C=O) groups is 1. The van der Waals surface area contributed by atoms with Crippen molar-refractivity contribution in [2.24, 2.45) is 0 Å². The summed E-state index contributed by atoms with van der Waals surface area (Å²) in [4.78, 5) is 10.8. The van der Waals surface area contributed by atoms with E-state index in [0.717, 1.165) is 13.0 Å². The first-order chi connectivity index (χ1) is 4.33. The second-order valence-electron chi connectivity index (χ2n) is 2.54. The normalized spacial score (nSPS) is 25.2. The Labute approximate surface area is 55.6 Å². The number of hydrogen-bond acceptors (Lipinski definition) is 2. The van der Waals surface area contributed by atoms with E-state index in [4.69, 9.17) is 0 Å². The van der Waals surface area contributed by atoms with Gasteiger partial charge in [-0.05, 0) is 13.0 Å². The van der Waals surface area contributed by atoms with Gasteiger partial charge in [-0.1, -0.05) is 6.92 Å². The molecule has 0 aromatic rings. The van der Waals surface area contributed by atoms with Crippen LogP contribution in [0.2, 0.25) is 0 Å². The molecule has 52 valence electrons. The first kappa shape index (κ1) is 6.75. The van der Waals surface area contributed by atoms with E-state index < -0.39 is 0 Å². The lowest BCUT2D eigenvalue weighted by Gasteiger charge is -2.26. The molecule has 0 spiro atoms. The lowest BCUT2D eigenvalue weighted by Crippen LogP contribution is -2.43. The van der Waals surface area contributed by atoms with Crippen LogP contribution in [-0.2, 0) is 4.79 Å². The van der Waals surface area contributed by atoms with Crippen molar-refractivity contribution in [3.05, 3.63) is 0 Å². The maximum absolute atomic E-state index is 10.8. The molecule has 2 nitrogen and oxygen atoms in total. The van der Waals surface area contributed by atoms with E-state index in [0.29, 0.717) is 18.2 Å². The summed E-state index contributed by atoms with van der Waals surface area (Å²) in [6, 6.07) is 0.512. The van der Waals surface area contributed by atoms with E-state index in [1.165, 1.54) is 6.42 Å². The van der Waals surface area contributed by atoms with Crippen LogP contribution in [0.5, 0.6) is 0 Å². The molecule has 0 radical (unpaired) electrons. The van der Waals surface area contributed by atoms with Gasteiger partial charge in [0.15, 0.2) is 0 Å². The molecule has 2 heteroatoms. The Hall–Kier alpha value is -0.370. The maximum Gasteiger partial charge on any atom is 0.134 e. The summed E-state index contributed by atoms with van der Waals surface area (Å²) in [5.74, 6) is 0.382. The standard InChI is InChI=1S/C7H13NO/c1-2-7(9)5-6-3-4-8-6/h6,8H,2-5H2,1H3. The van der Waals surface area contributed by atoms with Crippen LogP contribution in [-0.4, -0.2) is 18.4 Å². The van der Waals surface area contributed by atoms with E-state index in [-0.39, 0.29) is 0 Å². The van der Waals surface area contributed by atoms with Crippen LogP contribution >= 0.6 is 0 Å². The van der Waals surface area contributed by atoms with Crippen molar-refractivity contribution >= 4 is 5.78 Å². The minimum absolute atomic E-state index is 0.382. The van der Waals surface area contributed by atoms with Crippen molar-refractivity contribution in [2.75, 3.05) is 6.54 Å². The minimum atomic E-state index is 0.382. The number of nitrogens with one attached hydrogen (secondary N) is 1. The molecule has 0 aromatic heterocycles. The first-order valence-corrected chi connectivity index (χ1v) is 3.58. The zero-order chi connectivity index (χ0) is 6.69. The predicted molar refractivity (Wildman–Crippen MR) is 36.3 cm³/mol. The molecule has 0 saturated carbocycles. The van der Waals surface area contributed by atoms with Gasteiger partial charge in [-0.3, -0.25) is 4.79 Å². The van der Waals surface area contributed by atoms with Gasteiger partial charge in [-0.2, -0.15) is 0 Å². The Bertz CT molecular complexity index is 107. The van der Waals surface area contributed by atoms with Gasteiger partial charge in [-0.25, -0.2) is 0 Å². The topological polar surface area (TPSA) is 29.1 Å². The summed E-state index contributed by atoms with van der Waals surface area (Å²) in [6.45, 7) is 3.02. The van der Waals surface area contributed by atoms with Crippen molar-refractivity contribution < 1.29 is 4.79 Å². The average Bonchev–Trinajstić information content (AvgIpc) is 1.78. The second kappa shape index (κ2) is 2.97. The van der Waals surface area contributed by atoms with Crippen LogP contribution in [0, 0.1) is 0 Å². The molecule has 9 heavy (non-hydrogen) atoms. The molecule has 0 aliphatic carbocycles. The molecule has 1 rings (SSSR count). The summed E-state index contributed by atoms with van der Waals surface area (Å²) in [7, 11) is 0. The summed E-state index contributed by atoms with van der Waals surface area (Å²) in [6.07, 6.45) is 2.63. The van der Waals surface area contributed by atoms with Crippen molar-refractivity contribution in [2.45, 2.75) is 32.2 Å². The quantitative estimate of drug-likeness (QED) is 0.605. The van der Waals surface area contributed by atoms with Gasteiger partial charge in [0.05, 0.1) is 0 Å². The zero-order valence-corrected chi connectivity index (χ0v) is 5.81. The van der Waals surface area contributed by atoms with Crippen molar-refractivity contribution in [3.63, 3.8) is 0 Å². The predicted octanol–water partition coefficient (Wildman–Crippen LogP) is 0.718. The molecule has 1 heterocycles. The van der Waals surface area contributed by atoms with E-state index in [2.05, 4.69) is 5.32 Å². The largest absolute Gasteiger partial charge is 0.313 e. The molecular formula is C7H13NO. The van der Waals surface area contributed by atoms with Crippen molar-refractivity contribution in [1.82, 2.24) is 5.32 Å². The number of carbonyl (C=O) groups excluding carboxylic acids is 1. The Morgan fingerprint density at radius 2 is 2.44 bits per heavy atom. The lowest BCUT2D eigenvalue weighted by molar-refractivity contribution is -0.119. The lowest BCUT2D eigenvalue weighted by atomic mass is 10.0. The second-order valence-corrected chi connectivity index (χ2v) is 2.54.